The molecule has 0 bridgehead atoms. The minimum atomic E-state index is -4.57. The average molecular weight is 570 g/mol. The van der Waals surface area contributed by atoms with E-state index in [4.69, 9.17) is 9.47 Å². The third-order valence-electron chi connectivity index (χ3n) is 6.04. The largest absolute Gasteiger partial charge is 0.495 e. The van der Waals surface area contributed by atoms with Crippen molar-refractivity contribution in [1.29, 1.82) is 0 Å². The molecular formula is C29H22F3NO6S. The summed E-state index contributed by atoms with van der Waals surface area (Å²) in [4.78, 5) is 15.2. The van der Waals surface area contributed by atoms with Crippen LogP contribution in [-0.2, 0) is 9.84 Å². The molecule has 11 heteroatoms. The van der Waals surface area contributed by atoms with Gasteiger partial charge in [-0.3, -0.25) is 4.98 Å². The third kappa shape index (κ3) is 6.02. The lowest BCUT2D eigenvalue weighted by atomic mass is 10.0. The number of sulfone groups is 1. The zero-order chi connectivity index (χ0) is 29.1. The number of ether oxygens (including phenoxy) is 2. The number of halogens is 3. The molecule has 0 spiro atoms. The molecule has 7 nitrogen and oxygen atoms in total. The monoisotopic (exact) mass is 569 g/mol. The number of carboxylic acids is 1. The van der Waals surface area contributed by atoms with E-state index in [9.17, 15) is 31.5 Å². The number of carboxylic acid groups (broad SMARTS) is 1. The van der Waals surface area contributed by atoms with E-state index in [1.54, 1.807) is 24.3 Å². The van der Waals surface area contributed by atoms with Crippen LogP contribution in [0.4, 0.5) is 13.2 Å². The average Bonchev–Trinajstić information content (AvgIpc) is 2.93. The molecule has 0 aliphatic heterocycles. The van der Waals surface area contributed by atoms with Crippen LogP contribution in [0.15, 0.2) is 77.8 Å². The maximum Gasteiger partial charge on any atom is 0.422 e. The van der Waals surface area contributed by atoms with E-state index in [-0.39, 0.29) is 32.9 Å². The summed E-state index contributed by atoms with van der Waals surface area (Å²) >= 11 is 0. The summed E-state index contributed by atoms with van der Waals surface area (Å²) in [5.74, 6) is 4.85. The van der Waals surface area contributed by atoms with Crippen LogP contribution >= 0.6 is 0 Å². The first-order valence-electron chi connectivity index (χ1n) is 11.8. The maximum atomic E-state index is 13.8. The Morgan fingerprint density at radius 2 is 1.73 bits per heavy atom. The van der Waals surface area contributed by atoms with E-state index in [0.29, 0.717) is 16.7 Å². The number of methoxy groups -OCH3 is 1. The van der Waals surface area contributed by atoms with E-state index in [0.717, 1.165) is 0 Å². The summed E-state index contributed by atoms with van der Waals surface area (Å²) in [5, 5.41) is 8.23. The van der Waals surface area contributed by atoms with Crippen molar-refractivity contribution in [1.82, 2.24) is 4.98 Å². The first kappa shape index (κ1) is 28.4. The second kappa shape index (κ2) is 11.3. The lowest BCUT2D eigenvalue weighted by Gasteiger charge is -2.18. The molecule has 1 aromatic heterocycles. The molecule has 0 fully saturated rings. The predicted molar refractivity (Wildman–Crippen MR) is 141 cm³/mol. The Balaban J connectivity index is 1.74. The van der Waals surface area contributed by atoms with Gasteiger partial charge in [0.15, 0.2) is 16.4 Å². The standard InChI is InChI=1S/C29H22F3NO6S/c1-18(22-7-4-3-6-19(22)9-10-20-11-12-21(28(34)35)16-25(20)38-2)40(36,37)26-14-13-24(39-17-29(30,31)32)23-8-5-15-33-27(23)26/h3-8,11-16,18H,17H2,1-2H3,(H,34,35). The highest BCUT2D eigenvalue weighted by atomic mass is 32.2. The van der Waals surface area contributed by atoms with Gasteiger partial charge in [-0.05, 0) is 61.0 Å². The number of carbonyl (C=O) groups is 1. The third-order valence-corrected chi connectivity index (χ3v) is 8.16. The molecule has 1 heterocycles. The van der Waals surface area contributed by atoms with Crippen LogP contribution in [0.25, 0.3) is 10.9 Å². The molecule has 0 saturated heterocycles. The lowest BCUT2D eigenvalue weighted by Crippen LogP contribution is -2.19. The second-order valence-electron chi connectivity index (χ2n) is 8.61. The molecule has 0 saturated carbocycles. The number of hydrogen-bond acceptors (Lipinski definition) is 6. The molecule has 0 aliphatic rings. The van der Waals surface area contributed by atoms with E-state index in [1.165, 1.54) is 62.7 Å². The Kier molecular flexibility index (Phi) is 8.02. The van der Waals surface area contributed by atoms with Gasteiger partial charge in [0.1, 0.15) is 11.5 Å². The molecule has 206 valence electrons. The Hall–Kier alpha value is -4.56. The van der Waals surface area contributed by atoms with Gasteiger partial charge in [0, 0.05) is 17.1 Å². The van der Waals surface area contributed by atoms with Crippen molar-refractivity contribution in [3.05, 3.63) is 95.2 Å². The molecule has 1 N–H and O–H groups in total. The van der Waals surface area contributed by atoms with Gasteiger partial charge in [0.05, 0.1) is 33.9 Å². The smallest absolute Gasteiger partial charge is 0.422 e. The van der Waals surface area contributed by atoms with Crippen molar-refractivity contribution < 1.29 is 41.0 Å². The van der Waals surface area contributed by atoms with Gasteiger partial charge in [-0.1, -0.05) is 30.0 Å². The molecule has 0 amide bonds. The van der Waals surface area contributed by atoms with Crippen LogP contribution in [0.1, 0.15) is 39.2 Å². The van der Waals surface area contributed by atoms with Gasteiger partial charge < -0.3 is 14.6 Å². The highest BCUT2D eigenvalue weighted by Gasteiger charge is 2.31. The van der Waals surface area contributed by atoms with Gasteiger partial charge in [-0.2, -0.15) is 13.2 Å². The molecule has 1 atom stereocenters. The molecule has 0 aliphatic carbocycles. The molecule has 4 rings (SSSR count). The zero-order valence-corrected chi connectivity index (χ0v) is 22.0. The van der Waals surface area contributed by atoms with E-state index in [1.807, 2.05) is 0 Å². The Morgan fingerprint density at radius 3 is 2.42 bits per heavy atom. The highest BCUT2D eigenvalue weighted by molar-refractivity contribution is 7.91. The van der Waals surface area contributed by atoms with Crippen molar-refractivity contribution in [2.24, 2.45) is 0 Å². The summed E-state index contributed by atoms with van der Waals surface area (Å²) in [6.45, 7) is -0.0454. The summed E-state index contributed by atoms with van der Waals surface area (Å²) < 4.78 is 76.0. The van der Waals surface area contributed by atoms with Crippen LogP contribution in [0.2, 0.25) is 0 Å². The van der Waals surface area contributed by atoms with Gasteiger partial charge in [0.2, 0.25) is 0 Å². The first-order chi connectivity index (χ1) is 18.9. The van der Waals surface area contributed by atoms with Crippen molar-refractivity contribution in [2.45, 2.75) is 23.2 Å². The maximum absolute atomic E-state index is 13.8. The van der Waals surface area contributed by atoms with Gasteiger partial charge >= 0.3 is 12.1 Å². The predicted octanol–water partition coefficient (Wildman–Crippen LogP) is 5.82. The van der Waals surface area contributed by atoms with Gasteiger partial charge in [-0.25, -0.2) is 13.2 Å². The SMILES string of the molecule is COc1cc(C(=O)O)ccc1C#Cc1ccccc1C(C)S(=O)(=O)c1ccc(OCC(F)(F)F)c2cccnc12. The van der Waals surface area contributed by atoms with Gasteiger partial charge in [-0.15, -0.1) is 0 Å². The van der Waals surface area contributed by atoms with E-state index < -0.39 is 33.8 Å². The minimum absolute atomic E-state index is 0.0131. The number of pyridine rings is 1. The van der Waals surface area contributed by atoms with E-state index in [2.05, 4.69) is 16.8 Å². The number of benzene rings is 3. The highest BCUT2D eigenvalue weighted by Crippen LogP contribution is 2.37. The molecule has 3 aromatic carbocycles. The fourth-order valence-electron chi connectivity index (χ4n) is 4.02. The molecule has 1 unspecified atom stereocenters. The lowest BCUT2D eigenvalue weighted by molar-refractivity contribution is -0.153. The number of nitrogens with zero attached hydrogens (tertiary/aromatic N) is 1. The summed E-state index contributed by atoms with van der Waals surface area (Å²) in [7, 11) is -2.73. The van der Waals surface area contributed by atoms with Crippen LogP contribution in [-0.4, -0.2) is 44.4 Å². The zero-order valence-electron chi connectivity index (χ0n) is 21.2. The summed E-state index contributed by atoms with van der Waals surface area (Å²) in [6.07, 6.45) is -3.22. The van der Waals surface area contributed by atoms with Crippen LogP contribution in [0.5, 0.6) is 11.5 Å². The second-order valence-corrected chi connectivity index (χ2v) is 10.8. The number of aromatic carboxylic acids is 1. The molecular weight excluding hydrogens is 547 g/mol. The van der Waals surface area contributed by atoms with Gasteiger partial charge in [0.25, 0.3) is 0 Å². The van der Waals surface area contributed by atoms with Crippen LogP contribution < -0.4 is 9.47 Å². The normalized spacial score (nSPS) is 12.3. The molecule has 40 heavy (non-hydrogen) atoms. The van der Waals surface area contributed by atoms with Crippen molar-refractivity contribution in [2.75, 3.05) is 13.7 Å². The van der Waals surface area contributed by atoms with E-state index >= 15 is 0 Å². The van der Waals surface area contributed by atoms with Crippen molar-refractivity contribution in [3.63, 3.8) is 0 Å². The van der Waals surface area contributed by atoms with Crippen LogP contribution in [0.3, 0.4) is 0 Å². The van der Waals surface area contributed by atoms with Crippen LogP contribution in [0, 0.1) is 11.8 Å². The quantitative estimate of drug-likeness (QED) is 0.280. The minimum Gasteiger partial charge on any atom is -0.495 e. The fraction of sp³-hybridized carbons (Fsp3) is 0.172. The number of rotatable bonds is 7. The topological polar surface area (TPSA) is 103 Å². The van der Waals surface area contributed by atoms with Crippen molar-refractivity contribution >= 4 is 26.7 Å². The Morgan fingerprint density at radius 1 is 1.00 bits per heavy atom. The Bertz CT molecular complexity index is 1760. The summed E-state index contributed by atoms with van der Waals surface area (Å²) in [5.41, 5.74) is 1.21. The molecule has 0 radical (unpaired) electrons. The first-order valence-corrected chi connectivity index (χ1v) is 13.3. The number of fused-ring (bicyclic) bond motifs is 1. The van der Waals surface area contributed by atoms with Crippen molar-refractivity contribution in [3.8, 4) is 23.3 Å². The Labute approximate surface area is 228 Å². The summed E-state index contributed by atoms with van der Waals surface area (Å²) in [6, 6.07) is 16.2. The number of hydrogen-bond donors (Lipinski definition) is 1. The fourth-order valence-corrected chi connectivity index (χ4v) is 5.63. The number of aromatic nitrogens is 1. The number of alkyl halides is 3. The molecule has 4 aromatic rings.